The molecule has 0 amide bonds. The van der Waals surface area contributed by atoms with Gasteiger partial charge in [-0.3, -0.25) is 0 Å². The summed E-state index contributed by atoms with van der Waals surface area (Å²) in [5.74, 6) is 0.868. The quantitative estimate of drug-likeness (QED) is 0.714. The van der Waals surface area contributed by atoms with Crippen molar-refractivity contribution in [3.63, 3.8) is 0 Å². The molecular weight excluding hydrogens is 305 g/mol. The molecule has 0 aliphatic carbocycles. The summed E-state index contributed by atoms with van der Waals surface area (Å²) in [5, 5.41) is 2.68. The highest BCUT2D eigenvalue weighted by molar-refractivity contribution is 7.17. The molecule has 2 heterocycles. The van der Waals surface area contributed by atoms with Crippen LogP contribution in [0.2, 0.25) is 10.0 Å². The van der Waals surface area contributed by atoms with Crippen molar-refractivity contribution >= 4 is 50.4 Å². The lowest BCUT2D eigenvalue weighted by molar-refractivity contribution is 0.471. The highest BCUT2D eigenvalue weighted by Gasteiger charge is 2.11. The largest absolute Gasteiger partial charge is 0.435 e. The predicted molar refractivity (Wildman–Crippen MR) is 78.4 cm³/mol. The van der Waals surface area contributed by atoms with Gasteiger partial charge in [0.05, 0.1) is 21.2 Å². The number of nitrogen functional groups attached to an aromatic ring is 1. The van der Waals surface area contributed by atoms with Gasteiger partial charge in [-0.1, -0.05) is 23.2 Å². The number of nitrogens with zero attached hydrogens (tertiary/aromatic N) is 2. The fourth-order valence-electron chi connectivity index (χ4n) is 1.58. The third-order valence-electron chi connectivity index (χ3n) is 2.47. The first-order chi connectivity index (χ1) is 9.15. The summed E-state index contributed by atoms with van der Waals surface area (Å²) in [4.78, 5) is 8.25. The number of hydrogen-bond acceptors (Lipinski definition) is 5. The summed E-state index contributed by atoms with van der Waals surface area (Å²) >= 11 is 13.3. The number of fused-ring (bicyclic) bond motifs is 1. The maximum Gasteiger partial charge on any atom is 0.240 e. The zero-order valence-electron chi connectivity index (χ0n) is 9.43. The Hall–Kier alpha value is -1.56. The van der Waals surface area contributed by atoms with Crippen LogP contribution < -0.4 is 10.5 Å². The van der Waals surface area contributed by atoms with Crippen LogP contribution in [0, 0.1) is 0 Å². The van der Waals surface area contributed by atoms with Crippen LogP contribution in [0.3, 0.4) is 0 Å². The number of nitrogens with two attached hydrogens (primary N) is 1. The van der Waals surface area contributed by atoms with E-state index < -0.39 is 0 Å². The van der Waals surface area contributed by atoms with Crippen molar-refractivity contribution in [3.8, 4) is 11.6 Å². The standard InChI is InChI=1S/C12H7Cl2N3OS/c13-6-3-8(15)10(4-7(6)14)18-12-11-9(1-2-19-11)16-5-17-12/h1-5H,15H2. The van der Waals surface area contributed by atoms with Gasteiger partial charge in [0.25, 0.3) is 0 Å². The number of ether oxygens (including phenoxy) is 1. The molecule has 3 rings (SSSR count). The normalized spacial score (nSPS) is 10.8. The number of rotatable bonds is 2. The van der Waals surface area contributed by atoms with Crippen LogP contribution >= 0.6 is 34.5 Å². The van der Waals surface area contributed by atoms with E-state index in [0.717, 1.165) is 10.2 Å². The molecule has 1 aromatic carbocycles. The summed E-state index contributed by atoms with van der Waals surface area (Å²) in [6.07, 6.45) is 1.44. The van der Waals surface area contributed by atoms with Crippen LogP contribution in [0.4, 0.5) is 5.69 Å². The zero-order chi connectivity index (χ0) is 13.4. The van der Waals surface area contributed by atoms with Crippen molar-refractivity contribution in [2.24, 2.45) is 0 Å². The van der Waals surface area contributed by atoms with Gasteiger partial charge in [-0.2, -0.15) is 0 Å². The van der Waals surface area contributed by atoms with Crippen LogP contribution in [-0.4, -0.2) is 9.97 Å². The van der Waals surface area contributed by atoms with E-state index in [1.165, 1.54) is 17.7 Å². The second kappa shape index (κ2) is 4.85. The van der Waals surface area contributed by atoms with Crippen molar-refractivity contribution in [3.05, 3.63) is 40.0 Å². The first kappa shape index (κ1) is 12.5. The third-order valence-corrected chi connectivity index (χ3v) is 4.08. The van der Waals surface area contributed by atoms with Gasteiger partial charge in [0, 0.05) is 6.07 Å². The van der Waals surface area contributed by atoms with E-state index in [0.29, 0.717) is 27.4 Å². The number of hydrogen-bond donors (Lipinski definition) is 1. The Morgan fingerprint density at radius 3 is 2.79 bits per heavy atom. The summed E-state index contributed by atoms with van der Waals surface area (Å²) in [7, 11) is 0. The molecule has 3 aromatic rings. The Bertz CT molecular complexity index is 760. The van der Waals surface area contributed by atoms with Crippen LogP contribution in [0.25, 0.3) is 10.2 Å². The van der Waals surface area contributed by atoms with Gasteiger partial charge >= 0.3 is 0 Å². The minimum Gasteiger partial charge on any atom is -0.435 e. The Morgan fingerprint density at radius 2 is 1.95 bits per heavy atom. The van der Waals surface area contributed by atoms with E-state index in [1.54, 1.807) is 12.1 Å². The number of benzene rings is 1. The lowest BCUT2D eigenvalue weighted by Crippen LogP contribution is -1.94. The maximum absolute atomic E-state index is 5.95. The smallest absolute Gasteiger partial charge is 0.240 e. The Labute approximate surface area is 122 Å². The Balaban J connectivity index is 2.06. The zero-order valence-corrected chi connectivity index (χ0v) is 11.8. The molecule has 0 spiro atoms. The molecule has 0 atom stereocenters. The SMILES string of the molecule is Nc1cc(Cl)c(Cl)cc1Oc1ncnc2ccsc12. The summed E-state index contributed by atoms with van der Waals surface area (Å²) < 4.78 is 6.56. The molecule has 0 aliphatic rings. The molecule has 4 nitrogen and oxygen atoms in total. The van der Waals surface area contributed by atoms with Crippen molar-refractivity contribution < 1.29 is 4.74 Å². The van der Waals surface area contributed by atoms with Crippen LogP contribution in [0.1, 0.15) is 0 Å². The Morgan fingerprint density at radius 1 is 1.16 bits per heavy atom. The average Bonchev–Trinajstić information content (AvgIpc) is 2.85. The molecule has 0 saturated heterocycles. The second-order valence-corrected chi connectivity index (χ2v) is 5.45. The Kier molecular flexibility index (Phi) is 3.18. The van der Waals surface area contributed by atoms with Gasteiger partial charge in [-0.25, -0.2) is 9.97 Å². The van der Waals surface area contributed by atoms with E-state index in [9.17, 15) is 0 Å². The average molecular weight is 312 g/mol. The van der Waals surface area contributed by atoms with Crippen LogP contribution in [0.5, 0.6) is 11.6 Å². The maximum atomic E-state index is 5.95. The van der Waals surface area contributed by atoms with Gasteiger partial charge in [0.15, 0.2) is 5.75 Å². The molecule has 0 aliphatic heterocycles. The van der Waals surface area contributed by atoms with E-state index in [-0.39, 0.29) is 0 Å². The first-order valence-electron chi connectivity index (χ1n) is 5.26. The first-order valence-corrected chi connectivity index (χ1v) is 6.89. The van der Waals surface area contributed by atoms with Crippen molar-refractivity contribution in [1.29, 1.82) is 0 Å². The van der Waals surface area contributed by atoms with Crippen molar-refractivity contribution in [2.45, 2.75) is 0 Å². The highest BCUT2D eigenvalue weighted by Crippen LogP contribution is 2.37. The van der Waals surface area contributed by atoms with Gasteiger partial charge in [-0.05, 0) is 17.5 Å². The molecular formula is C12H7Cl2N3OS. The molecule has 0 unspecified atom stereocenters. The highest BCUT2D eigenvalue weighted by atomic mass is 35.5. The van der Waals surface area contributed by atoms with Crippen molar-refractivity contribution in [2.75, 3.05) is 5.73 Å². The summed E-state index contributed by atoms with van der Waals surface area (Å²) in [6.45, 7) is 0. The van der Waals surface area contributed by atoms with Crippen LogP contribution in [0.15, 0.2) is 29.9 Å². The second-order valence-electron chi connectivity index (χ2n) is 3.72. The topological polar surface area (TPSA) is 61.0 Å². The monoisotopic (exact) mass is 311 g/mol. The molecule has 7 heteroatoms. The van der Waals surface area contributed by atoms with Gasteiger partial charge in [0.1, 0.15) is 11.0 Å². The molecule has 0 saturated carbocycles. The van der Waals surface area contributed by atoms with Gasteiger partial charge in [0.2, 0.25) is 5.88 Å². The molecule has 0 radical (unpaired) electrons. The fraction of sp³-hybridized carbons (Fsp3) is 0. The minimum absolute atomic E-state index is 0.377. The molecule has 0 fully saturated rings. The van der Waals surface area contributed by atoms with Gasteiger partial charge < -0.3 is 10.5 Å². The molecule has 0 bridgehead atoms. The summed E-state index contributed by atoms with van der Waals surface area (Å²) in [6, 6.07) is 5.01. The lowest BCUT2D eigenvalue weighted by Gasteiger charge is -2.09. The molecule has 2 N–H and O–H groups in total. The van der Waals surface area contributed by atoms with E-state index in [1.807, 2.05) is 11.4 Å². The molecule has 2 aromatic heterocycles. The van der Waals surface area contributed by atoms with E-state index >= 15 is 0 Å². The molecule has 19 heavy (non-hydrogen) atoms. The number of thiophene rings is 1. The lowest BCUT2D eigenvalue weighted by atomic mass is 10.3. The minimum atomic E-state index is 0.377. The summed E-state index contributed by atoms with van der Waals surface area (Å²) in [5.41, 5.74) is 7.08. The van der Waals surface area contributed by atoms with E-state index in [4.69, 9.17) is 33.7 Å². The number of anilines is 1. The number of halogens is 2. The molecule has 96 valence electrons. The fourth-order valence-corrected chi connectivity index (χ4v) is 2.67. The third kappa shape index (κ3) is 2.32. The van der Waals surface area contributed by atoms with Gasteiger partial charge in [-0.15, -0.1) is 11.3 Å². The van der Waals surface area contributed by atoms with E-state index in [2.05, 4.69) is 9.97 Å². The predicted octanol–water partition coefficient (Wildman–Crippen LogP) is 4.37. The van der Waals surface area contributed by atoms with Crippen LogP contribution in [-0.2, 0) is 0 Å². The number of aromatic nitrogens is 2. The van der Waals surface area contributed by atoms with Crippen molar-refractivity contribution in [1.82, 2.24) is 9.97 Å².